The van der Waals surface area contributed by atoms with E-state index in [9.17, 15) is 40.9 Å². The number of hydrogen-bond acceptors (Lipinski definition) is 9. The van der Waals surface area contributed by atoms with E-state index >= 15 is 0 Å². The van der Waals surface area contributed by atoms with Gasteiger partial charge in [-0.1, -0.05) is 36.4 Å². The number of hydrogen-bond donors (Lipinski definition) is 8. The Bertz CT molecular complexity index is 2330. The van der Waals surface area contributed by atoms with Crippen molar-refractivity contribution in [3.63, 3.8) is 0 Å². The molecule has 1 aliphatic heterocycles. The first-order chi connectivity index (χ1) is 24.6. The summed E-state index contributed by atoms with van der Waals surface area (Å²) in [5.74, 6) is -3.02. The summed E-state index contributed by atoms with van der Waals surface area (Å²) < 4.78 is 6.70. The lowest BCUT2D eigenvalue weighted by Crippen LogP contribution is -2.20. The molecule has 9 nitrogen and oxygen atoms in total. The summed E-state index contributed by atoms with van der Waals surface area (Å²) in [4.78, 5) is 0. The average Bonchev–Trinajstić information content (AvgIpc) is 3.60. The van der Waals surface area contributed by atoms with Crippen molar-refractivity contribution in [2.45, 2.75) is 35.7 Å². The third kappa shape index (κ3) is 4.61. The maximum absolute atomic E-state index is 12.1. The fourth-order valence-electron chi connectivity index (χ4n) is 9.08. The Morgan fingerprint density at radius 1 is 0.353 bits per heavy atom. The Labute approximate surface area is 291 Å². The Hall–Kier alpha value is -6.48. The quantitative estimate of drug-likeness (QED) is 0.0927. The van der Waals surface area contributed by atoms with Gasteiger partial charge in [-0.05, 0) is 88.0 Å². The molecule has 0 amide bonds. The molecule has 0 unspecified atom stereocenters. The van der Waals surface area contributed by atoms with Gasteiger partial charge in [0.15, 0.2) is 0 Å². The molecule has 6 atom stereocenters. The summed E-state index contributed by atoms with van der Waals surface area (Å²) in [5, 5.41) is 87.5. The summed E-state index contributed by atoms with van der Waals surface area (Å²) in [5.41, 5.74) is 6.00. The summed E-state index contributed by atoms with van der Waals surface area (Å²) in [6.07, 6.45) is -0.693. The van der Waals surface area contributed by atoms with Crippen LogP contribution >= 0.6 is 0 Å². The van der Waals surface area contributed by atoms with Gasteiger partial charge in [0.1, 0.15) is 57.8 Å². The van der Waals surface area contributed by atoms with Crippen LogP contribution in [0.2, 0.25) is 0 Å². The third-order valence-electron chi connectivity index (χ3n) is 10.9. The predicted molar refractivity (Wildman–Crippen MR) is 186 cm³/mol. The molecule has 6 aromatic rings. The Morgan fingerprint density at radius 3 is 1.47 bits per heavy atom. The van der Waals surface area contributed by atoms with E-state index in [1.54, 1.807) is 84.9 Å². The SMILES string of the molecule is Oc1ccc([C@@H]2c3c(O)cc(O)cc3[C@@H]3c4c(cc(O)c5c4[C@@H]2[C@H](c2ccc(O)cc2)[C@H]5c2cc(O)cc(O)c2)O[C@H]3c2ccc(O)cc2)cc1. The van der Waals surface area contributed by atoms with Crippen LogP contribution in [0.4, 0.5) is 0 Å². The number of phenols is 8. The molecule has 0 fully saturated rings. The molecule has 8 N–H and O–H groups in total. The molecule has 254 valence electrons. The minimum Gasteiger partial charge on any atom is -0.508 e. The van der Waals surface area contributed by atoms with Crippen molar-refractivity contribution >= 4 is 0 Å². The predicted octanol–water partition coefficient (Wildman–Crippen LogP) is 7.76. The van der Waals surface area contributed by atoms with E-state index in [1.807, 2.05) is 12.1 Å². The van der Waals surface area contributed by atoms with E-state index in [2.05, 4.69) is 0 Å². The minimum atomic E-state index is -0.693. The molecule has 0 saturated carbocycles. The largest absolute Gasteiger partial charge is 0.508 e. The summed E-state index contributed by atoms with van der Waals surface area (Å²) in [6, 6.07) is 29.1. The summed E-state index contributed by atoms with van der Waals surface area (Å²) in [6.45, 7) is 0. The number of fused-ring (bicyclic) bond motifs is 2. The average molecular weight is 681 g/mol. The molecule has 0 radical (unpaired) electrons. The van der Waals surface area contributed by atoms with E-state index in [0.717, 1.165) is 27.8 Å². The lowest BCUT2D eigenvalue weighted by Gasteiger charge is -2.34. The first kappa shape index (κ1) is 30.6. The van der Waals surface area contributed by atoms with Gasteiger partial charge in [0.05, 0.1) is 5.92 Å². The topological polar surface area (TPSA) is 171 Å². The van der Waals surface area contributed by atoms with Crippen LogP contribution in [0.25, 0.3) is 0 Å². The van der Waals surface area contributed by atoms with Crippen molar-refractivity contribution in [1.29, 1.82) is 0 Å². The molecular weight excluding hydrogens is 648 g/mol. The van der Waals surface area contributed by atoms with Crippen molar-refractivity contribution in [3.05, 3.63) is 159 Å². The van der Waals surface area contributed by atoms with Crippen LogP contribution in [0.5, 0.6) is 51.7 Å². The molecular formula is C42H32O9. The highest BCUT2D eigenvalue weighted by atomic mass is 16.5. The second-order valence-corrected chi connectivity index (χ2v) is 13.7. The zero-order chi connectivity index (χ0) is 35.3. The molecule has 6 aromatic carbocycles. The van der Waals surface area contributed by atoms with Gasteiger partial charge in [-0.2, -0.15) is 0 Å². The van der Waals surface area contributed by atoms with Gasteiger partial charge >= 0.3 is 0 Å². The van der Waals surface area contributed by atoms with Gasteiger partial charge in [0.2, 0.25) is 0 Å². The van der Waals surface area contributed by atoms with Crippen LogP contribution in [-0.2, 0) is 0 Å². The van der Waals surface area contributed by atoms with E-state index < -0.39 is 35.7 Å². The molecule has 0 spiro atoms. The zero-order valence-corrected chi connectivity index (χ0v) is 26.8. The number of rotatable bonds is 4. The van der Waals surface area contributed by atoms with E-state index in [4.69, 9.17) is 4.74 Å². The Balaban J connectivity index is 1.44. The molecule has 0 aromatic heterocycles. The maximum atomic E-state index is 12.1. The smallest absolute Gasteiger partial charge is 0.135 e. The number of benzene rings is 6. The molecule has 9 rings (SSSR count). The third-order valence-corrected chi connectivity index (χ3v) is 10.9. The van der Waals surface area contributed by atoms with E-state index in [0.29, 0.717) is 28.0 Å². The van der Waals surface area contributed by atoms with Crippen molar-refractivity contribution in [2.75, 3.05) is 0 Å². The van der Waals surface area contributed by atoms with Crippen molar-refractivity contribution < 1.29 is 45.6 Å². The number of aromatic hydroxyl groups is 8. The first-order valence-electron chi connectivity index (χ1n) is 16.6. The Kier molecular flexibility index (Phi) is 6.60. The molecule has 9 heteroatoms. The van der Waals surface area contributed by atoms with Crippen LogP contribution in [0.1, 0.15) is 85.8 Å². The van der Waals surface area contributed by atoms with Gasteiger partial charge in [0.25, 0.3) is 0 Å². The second kappa shape index (κ2) is 11.0. The molecule has 2 aliphatic carbocycles. The maximum Gasteiger partial charge on any atom is 0.135 e. The molecule has 51 heavy (non-hydrogen) atoms. The van der Waals surface area contributed by atoms with Gasteiger partial charge in [0, 0.05) is 58.6 Å². The zero-order valence-electron chi connectivity index (χ0n) is 26.8. The lowest BCUT2D eigenvalue weighted by molar-refractivity contribution is 0.221. The monoisotopic (exact) mass is 680 g/mol. The first-order valence-corrected chi connectivity index (χ1v) is 16.6. The normalized spacial score (nSPS) is 22.5. The van der Waals surface area contributed by atoms with Gasteiger partial charge in [-0.25, -0.2) is 0 Å². The van der Waals surface area contributed by atoms with E-state index in [-0.39, 0.29) is 46.0 Å². The number of phenolic OH excluding ortho intramolecular Hbond substituents is 8. The molecule has 3 aliphatic rings. The van der Waals surface area contributed by atoms with Crippen LogP contribution < -0.4 is 4.74 Å². The minimum absolute atomic E-state index is 0.0537. The second-order valence-electron chi connectivity index (χ2n) is 13.7. The molecule has 1 heterocycles. The van der Waals surface area contributed by atoms with Crippen LogP contribution in [0.15, 0.2) is 109 Å². The van der Waals surface area contributed by atoms with Crippen molar-refractivity contribution in [3.8, 4) is 51.7 Å². The van der Waals surface area contributed by atoms with Gasteiger partial charge < -0.3 is 45.6 Å². The fourth-order valence-corrected chi connectivity index (χ4v) is 9.08. The van der Waals surface area contributed by atoms with E-state index in [1.165, 1.54) is 12.1 Å². The lowest BCUT2D eigenvalue weighted by atomic mass is 9.69. The van der Waals surface area contributed by atoms with Crippen molar-refractivity contribution in [1.82, 2.24) is 0 Å². The highest BCUT2D eigenvalue weighted by Crippen LogP contribution is 2.70. The number of ether oxygens (including phenoxy) is 1. The highest BCUT2D eigenvalue weighted by molar-refractivity contribution is 5.72. The van der Waals surface area contributed by atoms with Crippen LogP contribution in [0.3, 0.4) is 0 Å². The molecule has 0 saturated heterocycles. The summed E-state index contributed by atoms with van der Waals surface area (Å²) >= 11 is 0. The van der Waals surface area contributed by atoms with Crippen molar-refractivity contribution in [2.24, 2.45) is 0 Å². The van der Waals surface area contributed by atoms with Crippen LogP contribution in [-0.4, -0.2) is 40.9 Å². The fraction of sp³-hybridized carbons (Fsp3) is 0.143. The molecule has 0 bridgehead atoms. The highest BCUT2D eigenvalue weighted by Gasteiger charge is 2.56. The summed E-state index contributed by atoms with van der Waals surface area (Å²) in [7, 11) is 0. The van der Waals surface area contributed by atoms with Crippen LogP contribution in [0, 0.1) is 0 Å². The van der Waals surface area contributed by atoms with Gasteiger partial charge in [-0.15, -0.1) is 0 Å². The van der Waals surface area contributed by atoms with Gasteiger partial charge in [-0.3, -0.25) is 0 Å². The Morgan fingerprint density at radius 2 is 0.863 bits per heavy atom. The standard InChI is InChI=1S/C42H32O9/c43-23-7-1-19(2-8-23)33-35(22-13-26(46)15-27(47)14-22)38-31(50)18-32-39-37(42(51-32)21-5-11-25(45)12-6-21)29-16-28(48)17-30(49)36(29)34(40(33)41(38)39)20-3-9-24(44)10-4-20/h1-18,33-35,37,40,42-50H/t33-,34-,35-,37-,40-,42+/m1/s1.